The Hall–Kier alpha value is -2.61. The number of rotatable bonds is 4. The lowest BCUT2D eigenvalue weighted by Gasteiger charge is -2.03. The van der Waals surface area contributed by atoms with Crippen LogP contribution < -0.4 is 5.73 Å². The summed E-state index contributed by atoms with van der Waals surface area (Å²) >= 11 is 0. The number of aryl methyl sites for hydroxylation is 1. The zero-order valence-electron chi connectivity index (χ0n) is 10.8. The highest BCUT2D eigenvalue weighted by atomic mass is 16.5. The molecule has 20 heavy (non-hydrogen) atoms. The maximum Gasteiger partial charge on any atom is 0.244 e. The number of hydrogen-bond donors (Lipinski definition) is 2. The van der Waals surface area contributed by atoms with Crippen LogP contribution in [0.4, 0.5) is 0 Å². The number of aromatic nitrogens is 6. The maximum absolute atomic E-state index is 6.02. The molecule has 0 saturated heterocycles. The molecule has 0 aliphatic rings. The van der Waals surface area contributed by atoms with Gasteiger partial charge in [-0.25, -0.2) is 4.98 Å². The van der Waals surface area contributed by atoms with Crippen LogP contribution in [-0.4, -0.2) is 30.3 Å². The molecule has 0 saturated carbocycles. The third kappa shape index (κ3) is 2.54. The van der Waals surface area contributed by atoms with E-state index in [4.69, 9.17) is 10.3 Å². The summed E-state index contributed by atoms with van der Waals surface area (Å²) in [5, 5.41) is 11.8. The minimum atomic E-state index is -0.393. The van der Waals surface area contributed by atoms with E-state index in [9.17, 15) is 0 Å². The Morgan fingerprint density at radius 3 is 2.95 bits per heavy atom. The minimum absolute atomic E-state index is 0.358. The summed E-state index contributed by atoms with van der Waals surface area (Å²) in [4.78, 5) is 11.2. The van der Waals surface area contributed by atoms with Crippen molar-refractivity contribution in [3.63, 3.8) is 0 Å². The second-order valence-corrected chi connectivity index (χ2v) is 4.40. The first-order chi connectivity index (χ1) is 9.72. The third-order valence-electron chi connectivity index (χ3n) is 2.78. The summed E-state index contributed by atoms with van der Waals surface area (Å²) in [7, 11) is 0. The number of aromatic amines is 1. The van der Waals surface area contributed by atoms with Gasteiger partial charge in [0.25, 0.3) is 0 Å². The summed E-state index contributed by atoms with van der Waals surface area (Å²) in [5.41, 5.74) is 8.31. The zero-order chi connectivity index (χ0) is 13.9. The zero-order valence-corrected chi connectivity index (χ0v) is 10.8. The maximum atomic E-state index is 6.02. The van der Waals surface area contributed by atoms with Gasteiger partial charge in [-0.05, 0) is 19.1 Å². The van der Waals surface area contributed by atoms with Gasteiger partial charge < -0.3 is 15.2 Å². The Kier molecular flexibility index (Phi) is 3.21. The average Bonchev–Trinajstić information content (AvgIpc) is 3.10. The number of nitrogens with zero attached hydrogens (tertiary/aromatic N) is 5. The van der Waals surface area contributed by atoms with Crippen LogP contribution in [0.15, 0.2) is 29.2 Å². The molecule has 0 radical (unpaired) electrons. The fraction of sp³-hybridized carbons (Fsp3) is 0.250. The molecule has 3 aromatic rings. The molecule has 3 N–H and O–H groups in total. The molecule has 0 unspecified atom stereocenters. The van der Waals surface area contributed by atoms with Gasteiger partial charge >= 0.3 is 0 Å². The quantitative estimate of drug-likeness (QED) is 0.720. The molecule has 0 spiro atoms. The van der Waals surface area contributed by atoms with Gasteiger partial charge in [-0.2, -0.15) is 10.1 Å². The summed E-state index contributed by atoms with van der Waals surface area (Å²) in [6.07, 6.45) is 3.85. The lowest BCUT2D eigenvalue weighted by atomic mass is 10.2. The van der Waals surface area contributed by atoms with Crippen LogP contribution in [0.1, 0.15) is 23.3 Å². The fourth-order valence-corrected chi connectivity index (χ4v) is 1.73. The number of hydrogen-bond acceptors (Lipinski definition) is 7. The van der Waals surface area contributed by atoms with Crippen LogP contribution in [0, 0.1) is 6.92 Å². The second-order valence-electron chi connectivity index (χ2n) is 4.40. The number of nitrogens with two attached hydrogens (primary N) is 1. The van der Waals surface area contributed by atoms with Gasteiger partial charge in [0.05, 0.1) is 18.1 Å². The van der Waals surface area contributed by atoms with Crippen molar-refractivity contribution in [2.75, 3.05) is 0 Å². The van der Waals surface area contributed by atoms with Crippen LogP contribution in [0.2, 0.25) is 0 Å². The van der Waals surface area contributed by atoms with Crippen LogP contribution >= 0.6 is 0 Å². The van der Waals surface area contributed by atoms with E-state index in [1.807, 2.05) is 13.0 Å². The van der Waals surface area contributed by atoms with Crippen molar-refractivity contribution in [2.45, 2.75) is 19.4 Å². The highest BCUT2D eigenvalue weighted by Crippen LogP contribution is 2.17. The third-order valence-corrected chi connectivity index (χ3v) is 2.78. The molecule has 1 atom stereocenters. The molecule has 3 aromatic heterocycles. The van der Waals surface area contributed by atoms with E-state index in [-0.39, 0.29) is 0 Å². The predicted molar refractivity (Wildman–Crippen MR) is 69.3 cm³/mol. The minimum Gasteiger partial charge on any atom is -0.348 e. The molecule has 0 aliphatic heterocycles. The standard InChI is InChI=1S/C12H13N7O/c1-7-2-3-10(18-17-7)11-16-12(20-19-11)9(13)4-8-5-14-6-15-8/h2-3,5-6,9H,4,13H2,1H3,(H,14,15)/t9-/m0/s1. The smallest absolute Gasteiger partial charge is 0.244 e. The molecule has 8 nitrogen and oxygen atoms in total. The molecule has 0 bridgehead atoms. The van der Waals surface area contributed by atoms with E-state index in [1.54, 1.807) is 18.6 Å². The highest BCUT2D eigenvalue weighted by molar-refractivity contribution is 5.46. The monoisotopic (exact) mass is 271 g/mol. The topological polar surface area (TPSA) is 119 Å². The van der Waals surface area contributed by atoms with E-state index in [2.05, 4.69) is 30.3 Å². The largest absolute Gasteiger partial charge is 0.348 e. The summed E-state index contributed by atoms with van der Waals surface area (Å²) < 4.78 is 5.17. The Morgan fingerprint density at radius 1 is 1.35 bits per heavy atom. The van der Waals surface area contributed by atoms with Crippen LogP contribution in [-0.2, 0) is 6.42 Å². The van der Waals surface area contributed by atoms with E-state index in [0.717, 1.165) is 11.4 Å². The first kappa shape index (κ1) is 12.4. The van der Waals surface area contributed by atoms with Gasteiger partial charge in [-0.15, -0.1) is 5.10 Å². The van der Waals surface area contributed by atoms with Crippen molar-refractivity contribution in [2.24, 2.45) is 5.73 Å². The van der Waals surface area contributed by atoms with Crippen molar-refractivity contribution < 1.29 is 4.52 Å². The van der Waals surface area contributed by atoms with Gasteiger partial charge in [0.15, 0.2) is 0 Å². The van der Waals surface area contributed by atoms with Crippen molar-refractivity contribution >= 4 is 0 Å². The Morgan fingerprint density at radius 2 is 2.25 bits per heavy atom. The van der Waals surface area contributed by atoms with E-state index >= 15 is 0 Å². The van der Waals surface area contributed by atoms with Gasteiger partial charge in [0, 0.05) is 18.3 Å². The lowest BCUT2D eigenvalue weighted by molar-refractivity contribution is 0.353. The normalized spacial score (nSPS) is 12.5. The van der Waals surface area contributed by atoms with Gasteiger partial charge in [0.2, 0.25) is 11.7 Å². The molecule has 102 valence electrons. The van der Waals surface area contributed by atoms with Crippen LogP contribution in [0.25, 0.3) is 11.5 Å². The Bertz CT molecular complexity index is 674. The SMILES string of the molecule is Cc1ccc(-c2noc([C@@H](N)Cc3cnc[nH]3)n2)nn1. The molecular weight excluding hydrogens is 258 g/mol. The molecule has 0 fully saturated rings. The number of nitrogens with one attached hydrogen (secondary N) is 1. The molecular formula is C12H13N7O. The van der Waals surface area contributed by atoms with Gasteiger partial charge in [-0.3, -0.25) is 0 Å². The molecule has 3 heterocycles. The van der Waals surface area contributed by atoms with E-state index in [1.165, 1.54) is 0 Å². The summed E-state index contributed by atoms with van der Waals surface area (Å²) in [6, 6.07) is 3.23. The number of imidazole rings is 1. The Balaban J connectivity index is 1.77. The van der Waals surface area contributed by atoms with Gasteiger partial charge in [0.1, 0.15) is 5.69 Å². The van der Waals surface area contributed by atoms with Crippen LogP contribution in [0.5, 0.6) is 0 Å². The average molecular weight is 271 g/mol. The van der Waals surface area contributed by atoms with Crippen molar-refractivity contribution in [1.82, 2.24) is 30.3 Å². The molecule has 3 rings (SSSR count). The first-order valence-electron chi connectivity index (χ1n) is 6.09. The first-order valence-corrected chi connectivity index (χ1v) is 6.09. The second kappa shape index (κ2) is 5.17. The fourth-order valence-electron chi connectivity index (χ4n) is 1.73. The predicted octanol–water partition coefficient (Wildman–Crippen LogP) is 0.801. The molecule has 0 amide bonds. The summed E-state index contributed by atoms with van der Waals surface area (Å²) in [6.45, 7) is 1.86. The van der Waals surface area contributed by atoms with Crippen molar-refractivity contribution in [1.29, 1.82) is 0 Å². The van der Waals surface area contributed by atoms with Crippen LogP contribution in [0.3, 0.4) is 0 Å². The Labute approximate surface area is 114 Å². The van der Waals surface area contributed by atoms with Crippen molar-refractivity contribution in [3.8, 4) is 11.5 Å². The summed E-state index contributed by atoms with van der Waals surface area (Å²) in [5.74, 6) is 0.740. The number of H-pyrrole nitrogens is 1. The van der Waals surface area contributed by atoms with Crippen molar-refractivity contribution in [3.05, 3.63) is 41.9 Å². The molecule has 0 aliphatic carbocycles. The van der Waals surface area contributed by atoms with E-state index in [0.29, 0.717) is 23.8 Å². The molecule has 8 heteroatoms. The van der Waals surface area contributed by atoms with Gasteiger partial charge in [-0.1, -0.05) is 5.16 Å². The highest BCUT2D eigenvalue weighted by Gasteiger charge is 2.17. The lowest BCUT2D eigenvalue weighted by Crippen LogP contribution is -2.14. The van der Waals surface area contributed by atoms with E-state index < -0.39 is 6.04 Å². The molecule has 0 aromatic carbocycles.